The van der Waals surface area contributed by atoms with E-state index in [1.165, 1.54) is 0 Å². The Hall–Kier alpha value is -5.00. The normalized spacial score (nSPS) is 15.0. The van der Waals surface area contributed by atoms with E-state index in [0.717, 1.165) is 82.4 Å². The lowest BCUT2D eigenvalue weighted by Gasteiger charge is -2.35. The number of nitrogens with zero attached hydrogens (tertiary/aromatic N) is 4. The largest absolute Gasteiger partial charge is 0.467 e. The zero-order chi connectivity index (χ0) is 40.6. The van der Waals surface area contributed by atoms with Gasteiger partial charge >= 0.3 is 0 Å². The molecule has 3 heterocycles. The second kappa shape index (κ2) is 18.8. The number of carbonyl (C=O) groups is 3. The number of rotatable bonds is 19. The monoisotopic (exact) mass is 764 g/mol. The summed E-state index contributed by atoms with van der Waals surface area (Å²) in [5, 5.41) is 6.30. The van der Waals surface area contributed by atoms with E-state index in [1.54, 1.807) is 30.3 Å². The molecule has 1 fully saturated rings. The van der Waals surface area contributed by atoms with Gasteiger partial charge in [-0.1, -0.05) is 64.6 Å². The number of aryl methyl sites for hydroxylation is 1. The predicted molar refractivity (Wildman–Crippen MR) is 222 cm³/mol. The van der Waals surface area contributed by atoms with E-state index in [2.05, 4.69) is 85.1 Å². The number of hydrazine groups is 1. The number of methoxy groups -OCH3 is 1. The highest BCUT2D eigenvalue weighted by molar-refractivity contribution is 5.95. The number of hydrogen-bond donors (Lipinski definition) is 2. The average molecular weight is 765 g/mol. The number of pyridine rings is 1. The molecule has 300 valence electrons. The molecule has 2 amide bonds. The third-order valence-electron chi connectivity index (χ3n) is 10.8. The van der Waals surface area contributed by atoms with E-state index in [0.29, 0.717) is 31.6 Å². The molecule has 2 N–H and O–H groups in total. The molecule has 0 bridgehead atoms. The summed E-state index contributed by atoms with van der Waals surface area (Å²) < 4.78 is 13.4. The molecular formula is C45H60N6O5. The fourth-order valence-electron chi connectivity index (χ4n) is 8.13. The minimum atomic E-state index is -0.598. The highest BCUT2D eigenvalue weighted by Crippen LogP contribution is 2.41. The van der Waals surface area contributed by atoms with Crippen LogP contribution in [-0.2, 0) is 43.2 Å². The quantitative estimate of drug-likeness (QED) is 0.0973. The van der Waals surface area contributed by atoms with Crippen molar-refractivity contribution >= 4 is 29.7 Å². The van der Waals surface area contributed by atoms with Gasteiger partial charge in [0, 0.05) is 74.0 Å². The van der Waals surface area contributed by atoms with Crippen molar-refractivity contribution in [2.75, 3.05) is 33.9 Å². The van der Waals surface area contributed by atoms with Crippen molar-refractivity contribution in [2.24, 2.45) is 11.3 Å². The number of fused-ring (bicyclic) bond motifs is 1. The second-order valence-corrected chi connectivity index (χ2v) is 16.1. The molecule has 0 spiro atoms. The van der Waals surface area contributed by atoms with Crippen molar-refractivity contribution in [2.45, 2.75) is 92.0 Å². The number of carbonyl (C=O) groups excluding carboxylic acids is 3. The van der Waals surface area contributed by atoms with E-state index in [1.807, 2.05) is 32.9 Å². The van der Waals surface area contributed by atoms with Gasteiger partial charge in [-0.15, -0.1) is 0 Å². The van der Waals surface area contributed by atoms with E-state index < -0.39 is 6.04 Å². The van der Waals surface area contributed by atoms with Crippen molar-refractivity contribution < 1.29 is 23.9 Å². The first-order chi connectivity index (χ1) is 26.8. The Balaban J connectivity index is 1.59. The van der Waals surface area contributed by atoms with Gasteiger partial charge in [-0.2, -0.15) is 0 Å². The molecule has 56 heavy (non-hydrogen) atoms. The fourth-order valence-corrected chi connectivity index (χ4v) is 8.13. The first kappa shape index (κ1) is 42.1. The number of aromatic nitrogens is 2. The number of ether oxygens (including phenoxy) is 2. The molecular weight excluding hydrogens is 705 g/mol. The van der Waals surface area contributed by atoms with Gasteiger partial charge in [0.15, 0.2) is 0 Å². The highest BCUT2D eigenvalue weighted by Gasteiger charge is 2.31. The van der Waals surface area contributed by atoms with Gasteiger partial charge in [0.1, 0.15) is 6.04 Å². The molecule has 3 atom stereocenters. The molecule has 1 saturated heterocycles. The zero-order valence-electron chi connectivity index (χ0n) is 34.4. The molecule has 2 aromatic carbocycles. The topological polar surface area (TPSA) is 118 Å². The summed E-state index contributed by atoms with van der Waals surface area (Å²) in [4.78, 5) is 43.6. The van der Waals surface area contributed by atoms with Crippen molar-refractivity contribution in [3.63, 3.8) is 0 Å². The van der Waals surface area contributed by atoms with Crippen LogP contribution in [-0.4, -0.2) is 84.2 Å². The van der Waals surface area contributed by atoms with E-state index in [4.69, 9.17) is 14.5 Å². The van der Waals surface area contributed by atoms with Crippen LogP contribution in [0.4, 0.5) is 0 Å². The summed E-state index contributed by atoms with van der Waals surface area (Å²) in [6, 6.07) is 18.2. The molecule has 1 aliphatic rings. The summed E-state index contributed by atoms with van der Waals surface area (Å²) in [5.41, 5.74) is 11.8. The van der Waals surface area contributed by atoms with Crippen LogP contribution in [0.3, 0.4) is 0 Å². The van der Waals surface area contributed by atoms with E-state index in [-0.39, 0.29) is 36.0 Å². The average Bonchev–Trinajstić information content (AvgIpc) is 3.50. The van der Waals surface area contributed by atoms with E-state index in [9.17, 15) is 14.4 Å². The van der Waals surface area contributed by atoms with Crippen LogP contribution in [0.15, 0.2) is 73.1 Å². The van der Waals surface area contributed by atoms with E-state index >= 15 is 0 Å². The molecule has 2 aromatic heterocycles. The Bertz CT molecular complexity index is 2000. The number of amides is 2. The maximum atomic E-state index is 14.1. The Morgan fingerprint density at radius 2 is 1.86 bits per heavy atom. The van der Waals surface area contributed by atoms with Crippen LogP contribution >= 0.6 is 0 Å². The van der Waals surface area contributed by atoms with Crippen molar-refractivity contribution in [3.05, 3.63) is 89.9 Å². The van der Waals surface area contributed by atoms with Crippen LogP contribution in [0.5, 0.6) is 0 Å². The van der Waals surface area contributed by atoms with Crippen molar-refractivity contribution in [1.29, 1.82) is 0 Å². The second-order valence-electron chi connectivity index (χ2n) is 16.1. The van der Waals surface area contributed by atoms with Gasteiger partial charge in [0.05, 0.1) is 30.1 Å². The highest BCUT2D eigenvalue weighted by atomic mass is 16.5. The first-order valence-electron chi connectivity index (χ1n) is 19.8. The standard InChI is InChI=1S/C45H60N6O5/c1-10-50-40-19-18-35(25-37(40)38(26-45(6,7)27-56-29-53)43(50)36-17-14-20-46-41(36)32(5)55-9)34-16-13-15-33(23-34)24-39(44(54)51-22-12-11-21-47-51)48-31(4)42(30(2)3)49(8)28-52/h13-20,23,25,28-30,32,39,42,47-48H,4,10-12,21-22,24,26-27H2,1-3,5-9H3. The molecule has 0 aliphatic carbocycles. The predicted octanol–water partition coefficient (Wildman–Crippen LogP) is 7.09. The number of nitrogens with one attached hydrogen (secondary N) is 2. The van der Waals surface area contributed by atoms with Gasteiger partial charge in [-0.3, -0.25) is 24.4 Å². The van der Waals surface area contributed by atoms with Gasteiger partial charge in [-0.25, -0.2) is 5.43 Å². The molecule has 0 radical (unpaired) electrons. The number of likely N-dealkylation sites (N-methyl/N-ethyl adjacent to an activating group) is 1. The number of hydrogen-bond acceptors (Lipinski definition) is 8. The molecule has 11 nitrogen and oxygen atoms in total. The third-order valence-corrected chi connectivity index (χ3v) is 10.8. The minimum Gasteiger partial charge on any atom is -0.467 e. The maximum Gasteiger partial charge on any atom is 0.293 e. The van der Waals surface area contributed by atoms with Crippen LogP contribution in [0.2, 0.25) is 0 Å². The molecule has 1 aliphatic heterocycles. The zero-order valence-corrected chi connectivity index (χ0v) is 34.4. The Morgan fingerprint density at radius 1 is 1.09 bits per heavy atom. The van der Waals surface area contributed by atoms with Crippen LogP contribution < -0.4 is 10.7 Å². The summed E-state index contributed by atoms with van der Waals surface area (Å²) in [5.74, 6) is 0.0438. The summed E-state index contributed by atoms with van der Waals surface area (Å²) in [6.45, 7) is 19.7. The molecule has 5 rings (SSSR count). The van der Waals surface area contributed by atoms with Gasteiger partial charge < -0.3 is 24.3 Å². The molecule has 4 aromatic rings. The van der Waals surface area contributed by atoms with Crippen molar-refractivity contribution in [1.82, 2.24) is 30.2 Å². The van der Waals surface area contributed by atoms with Crippen molar-refractivity contribution in [3.8, 4) is 22.4 Å². The van der Waals surface area contributed by atoms with Crippen LogP contribution in [0, 0.1) is 11.3 Å². The molecule has 0 saturated carbocycles. The Morgan fingerprint density at radius 3 is 2.52 bits per heavy atom. The first-order valence-corrected chi connectivity index (χ1v) is 19.8. The lowest BCUT2D eigenvalue weighted by Crippen LogP contribution is -2.56. The third kappa shape index (κ3) is 9.50. The smallest absolute Gasteiger partial charge is 0.293 e. The summed E-state index contributed by atoms with van der Waals surface area (Å²) in [7, 11) is 3.44. The van der Waals surface area contributed by atoms with Crippen LogP contribution in [0.1, 0.15) is 77.3 Å². The minimum absolute atomic E-state index is 0.0502. The fraction of sp³-hybridized carbons (Fsp3) is 0.467. The molecule has 3 unspecified atom stereocenters. The summed E-state index contributed by atoms with van der Waals surface area (Å²) >= 11 is 0. The Labute approximate surface area is 332 Å². The maximum absolute atomic E-state index is 14.1. The lowest BCUT2D eigenvalue weighted by atomic mass is 9.84. The summed E-state index contributed by atoms with van der Waals surface area (Å²) in [6.07, 6.45) is 5.42. The Kier molecular flexibility index (Phi) is 14.1. The van der Waals surface area contributed by atoms with Gasteiger partial charge in [0.25, 0.3) is 12.4 Å². The SMILES string of the molecule is C=C(NC(Cc1cccc(-c2ccc3c(c2)c(CC(C)(C)COC=O)c(-c2cccnc2C(C)OC)n3CC)c1)C(=O)N1CCCCN1)C(C(C)C)N(C)C=O. The number of benzene rings is 2. The van der Waals surface area contributed by atoms with Gasteiger partial charge in [-0.05, 0) is 85.5 Å². The molecule has 11 heteroatoms. The lowest BCUT2D eigenvalue weighted by molar-refractivity contribution is -0.137. The van der Waals surface area contributed by atoms with Gasteiger partial charge in [0.2, 0.25) is 6.41 Å². The van der Waals surface area contributed by atoms with Crippen LogP contribution in [0.25, 0.3) is 33.3 Å².